The minimum Gasteiger partial charge on any atom is -0.351 e. The standard InChI is InChI=1S/C24H21N5OS/c25-15-20-5-1-2-6-21(20)17-31-14-13-26-24(30)19-11-9-18(10-12-19)16-29-23-8-4-3-7-22(23)27-28-29/h1-12H,13-14,16-17H2,(H,26,30). The maximum Gasteiger partial charge on any atom is 0.251 e. The van der Waals surface area contributed by atoms with Gasteiger partial charge in [0.2, 0.25) is 0 Å². The summed E-state index contributed by atoms with van der Waals surface area (Å²) in [6.45, 7) is 1.17. The average molecular weight is 428 g/mol. The van der Waals surface area contributed by atoms with Gasteiger partial charge in [0.25, 0.3) is 5.91 Å². The third-order valence-corrected chi connectivity index (χ3v) is 5.90. The van der Waals surface area contributed by atoms with E-state index >= 15 is 0 Å². The fraction of sp³-hybridized carbons (Fsp3) is 0.167. The Balaban J connectivity index is 1.25. The number of hydrogen-bond donors (Lipinski definition) is 1. The van der Waals surface area contributed by atoms with E-state index in [0.29, 0.717) is 24.2 Å². The lowest BCUT2D eigenvalue weighted by Crippen LogP contribution is -2.25. The minimum atomic E-state index is -0.0872. The van der Waals surface area contributed by atoms with Gasteiger partial charge in [0.15, 0.2) is 0 Å². The van der Waals surface area contributed by atoms with Gasteiger partial charge < -0.3 is 5.32 Å². The molecule has 7 heteroatoms. The van der Waals surface area contributed by atoms with E-state index in [2.05, 4.69) is 21.7 Å². The second-order valence-electron chi connectivity index (χ2n) is 7.01. The number of aromatic nitrogens is 3. The number of nitrogens with zero attached hydrogens (tertiary/aromatic N) is 4. The predicted molar refractivity (Wildman–Crippen MR) is 123 cm³/mol. The fourth-order valence-corrected chi connectivity index (χ4v) is 4.11. The van der Waals surface area contributed by atoms with Crippen LogP contribution in [0.4, 0.5) is 0 Å². The van der Waals surface area contributed by atoms with Crippen LogP contribution in [-0.4, -0.2) is 33.2 Å². The number of rotatable bonds is 8. The van der Waals surface area contributed by atoms with Gasteiger partial charge >= 0.3 is 0 Å². The van der Waals surface area contributed by atoms with Crippen molar-refractivity contribution < 1.29 is 4.79 Å². The van der Waals surface area contributed by atoms with Gasteiger partial charge in [0, 0.05) is 23.6 Å². The largest absolute Gasteiger partial charge is 0.351 e. The van der Waals surface area contributed by atoms with Crippen molar-refractivity contribution in [3.63, 3.8) is 0 Å². The highest BCUT2D eigenvalue weighted by Gasteiger charge is 2.07. The maximum absolute atomic E-state index is 12.4. The molecule has 4 rings (SSSR count). The molecule has 1 amide bonds. The van der Waals surface area contributed by atoms with E-state index < -0.39 is 0 Å². The normalized spacial score (nSPS) is 10.7. The molecular weight excluding hydrogens is 406 g/mol. The molecule has 6 nitrogen and oxygen atoms in total. The molecule has 0 aliphatic heterocycles. The Bertz CT molecular complexity index is 1230. The van der Waals surface area contributed by atoms with Crippen molar-refractivity contribution in [2.24, 2.45) is 0 Å². The van der Waals surface area contributed by atoms with Crippen LogP contribution in [0.1, 0.15) is 27.0 Å². The van der Waals surface area contributed by atoms with Crippen molar-refractivity contribution in [1.29, 1.82) is 5.26 Å². The molecule has 0 aliphatic rings. The van der Waals surface area contributed by atoms with Gasteiger partial charge in [-0.1, -0.05) is 47.7 Å². The fourth-order valence-electron chi connectivity index (χ4n) is 3.24. The first kappa shape index (κ1) is 20.6. The van der Waals surface area contributed by atoms with Gasteiger partial charge in [0.05, 0.1) is 23.7 Å². The maximum atomic E-state index is 12.4. The lowest BCUT2D eigenvalue weighted by molar-refractivity contribution is 0.0956. The highest BCUT2D eigenvalue weighted by molar-refractivity contribution is 7.98. The molecule has 154 valence electrons. The zero-order valence-electron chi connectivity index (χ0n) is 16.9. The van der Waals surface area contributed by atoms with Crippen LogP contribution in [-0.2, 0) is 12.3 Å². The Hall–Kier alpha value is -3.63. The SMILES string of the molecule is N#Cc1ccccc1CSCCNC(=O)c1ccc(Cn2nnc3ccccc32)cc1. The molecule has 0 saturated heterocycles. The predicted octanol–water partition coefficient (Wildman–Crippen LogP) is 4.01. The van der Waals surface area contributed by atoms with Crippen LogP contribution in [0.3, 0.4) is 0 Å². The summed E-state index contributed by atoms with van der Waals surface area (Å²) in [5, 5.41) is 20.5. The summed E-state index contributed by atoms with van der Waals surface area (Å²) in [4.78, 5) is 12.4. The van der Waals surface area contributed by atoms with E-state index in [1.165, 1.54) is 0 Å². The summed E-state index contributed by atoms with van der Waals surface area (Å²) in [7, 11) is 0. The quantitative estimate of drug-likeness (QED) is 0.430. The molecular formula is C24H21N5OS. The summed E-state index contributed by atoms with van der Waals surface area (Å²) in [5.74, 6) is 1.45. The first-order chi connectivity index (χ1) is 15.2. The second-order valence-corrected chi connectivity index (χ2v) is 8.12. The zero-order valence-corrected chi connectivity index (χ0v) is 17.7. The van der Waals surface area contributed by atoms with Gasteiger partial charge in [0.1, 0.15) is 5.52 Å². The summed E-state index contributed by atoms with van der Waals surface area (Å²) < 4.78 is 1.85. The molecule has 31 heavy (non-hydrogen) atoms. The molecule has 1 aromatic heterocycles. The lowest BCUT2D eigenvalue weighted by Gasteiger charge is -2.07. The Kier molecular flexibility index (Phi) is 6.60. The van der Waals surface area contributed by atoms with Gasteiger partial charge in [-0.15, -0.1) is 5.10 Å². The van der Waals surface area contributed by atoms with Gasteiger partial charge in [-0.2, -0.15) is 17.0 Å². The van der Waals surface area contributed by atoms with E-state index in [1.54, 1.807) is 11.8 Å². The van der Waals surface area contributed by atoms with Crippen LogP contribution >= 0.6 is 11.8 Å². The Morgan fingerprint density at radius 1 is 1.03 bits per heavy atom. The van der Waals surface area contributed by atoms with E-state index in [0.717, 1.165) is 33.7 Å². The number of para-hydroxylation sites is 1. The van der Waals surface area contributed by atoms with Crippen molar-refractivity contribution in [1.82, 2.24) is 20.3 Å². The van der Waals surface area contributed by atoms with Crippen LogP contribution in [0.25, 0.3) is 11.0 Å². The molecule has 0 fully saturated rings. The second kappa shape index (κ2) is 9.92. The molecule has 0 bridgehead atoms. The molecule has 1 N–H and O–H groups in total. The third-order valence-electron chi connectivity index (χ3n) is 4.90. The third kappa shape index (κ3) is 5.11. The van der Waals surface area contributed by atoms with Crippen molar-refractivity contribution in [3.05, 3.63) is 95.1 Å². The number of hydrogen-bond acceptors (Lipinski definition) is 5. The first-order valence-electron chi connectivity index (χ1n) is 9.96. The lowest BCUT2D eigenvalue weighted by atomic mass is 10.1. The van der Waals surface area contributed by atoms with Crippen LogP contribution in [0.15, 0.2) is 72.8 Å². The number of fused-ring (bicyclic) bond motifs is 1. The molecule has 1 heterocycles. The average Bonchev–Trinajstić information content (AvgIpc) is 3.22. The molecule has 4 aromatic rings. The summed E-state index contributed by atoms with van der Waals surface area (Å²) >= 11 is 1.70. The highest BCUT2D eigenvalue weighted by atomic mass is 32.2. The highest BCUT2D eigenvalue weighted by Crippen LogP contribution is 2.16. The van der Waals surface area contributed by atoms with Crippen molar-refractivity contribution in [3.8, 4) is 6.07 Å². The van der Waals surface area contributed by atoms with E-state index in [-0.39, 0.29) is 5.91 Å². The van der Waals surface area contributed by atoms with Crippen LogP contribution in [0.2, 0.25) is 0 Å². The number of thioether (sulfide) groups is 1. The first-order valence-corrected chi connectivity index (χ1v) is 11.1. The Morgan fingerprint density at radius 3 is 2.65 bits per heavy atom. The topological polar surface area (TPSA) is 83.6 Å². The zero-order chi connectivity index (χ0) is 21.5. The molecule has 0 unspecified atom stereocenters. The van der Waals surface area contributed by atoms with Crippen LogP contribution in [0, 0.1) is 11.3 Å². The Labute approximate surface area is 184 Å². The smallest absolute Gasteiger partial charge is 0.251 e. The van der Waals surface area contributed by atoms with Crippen LogP contribution in [0.5, 0.6) is 0 Å². The number of amides is 1. The summed E-state index contributed by atoms with van der Waals surface area (Å²) in [6.07, 6.45) is 0. The van der Waals surface area contributed by atoms with Crippen molar-refractivity contribution in [2.45, 2.75) is 12.3 Å². The van der Waals surface area contributed by atoms with Gasteiger partial charge in [-0.05, 0) is 41.5 Å². The van der Waals surface area contributed by atoms with Gasteiger partial charge in [-0.3, -0.25) is 4.79 Å². The summed E-state index contributed by atoms with van der Waals surface area (Å²) in [6, 6.07) is 25.2. The monoisotopic (exact) mass is 427 g/mol. The molecule has 0 spiro atoms. The van der Waals surface area contributed by atoms with E-state index in [1.807, 2.05) is 77.5 Å². The van der Waals surface area contributed by atoms with Crippen LogP contribution < -0.4 is 5.32 Å². The van der Waals surface area contributed by atoms with E-state index in [9.17, 15) is 4.79 Å². The molecule has 3 aromatic carbocycles. The number of carbonyl (C=O) groups is 1. The molecule has 0 radical (unpaired) electrons. The summed E-state index contributed by atoms with van der Waals surface area (Å²) in [5.41, 5.74) is 5.27. The molecule has 0 atom stereocenters. The number of benzene rings is 3. The molecule has 0 saturated carbocycles. The van der Waals surface area contributed by atoms with E-state index in [4.69, 9.17) is 5.26 Å². The minimum absolute atomic E-state index is 0.0872. The van der Waals surface area contributed by atoms with Crippen molar-refractivity contribution >= 4 is 28.7 Å². The van der Waals surface area contributed by atoms with Gasteiger partial charge in [-0.25, -0.2) is 4.68 Å². The number of nitrogens with one attached hydrogen (secondary N) is 1. The Morgan fingerprint density at radius 2 is 1.81 bits per heavy atom. The number of nitriles is 1. The number of carbonyl (C=O) groups excluding carboxylic acids is 1. The van der Waals surface area contributed by atoms with Crippen molar-refractivity contribution in [2.75, 3.05) is 12.3 Å². The molecule has 0 aliphatic carbocycles.